The Morgan fingerprint density at radius 3 is 2.64 bits per heavy atom. The van der Waals surface area contributed by atoms with Gasteiger partial charge in [0.25, 0.3) is 0 Å². The van der Waals surface area contributed by atoms with Gasteiger partial charge in [-0.1, -0.05) is 0 Å². The summed E-state index contributed by atoms with van der Waals surface area (Å²) in [6.45, 7) is 5.12. The van der Waals surface area contributed by atoms with Gasteiger partial charge in [0, 0.05) is 6.54 Å². The van der Waals surface area contributed by atoms with E-state index in [0.717, 1.165) is 0 Å². The molecule has 1 rings (SSSR count). The van der Waals surface area contributed by atoms with Crippen LogP contribution in [0.2, 0.25) is 0 Å². The maximum absolute atomic E-state index is 11.0. The summed E-state index contributed by atoms with van der Waals surface area (Å²) >= 11 is 0. The lowest BCUT2D eigenvalue weighted by atomic mass is 9.98. The molecule has 1 aliphatic rings. The van der Waals surface area contributed by atoms with Gasteiger partial charge in [-0.2, -0.15) is 0 Å². The van der Waals surface area contributed by atoms with Crippen LogP contribution in [0.4, 0.5) is 4.79 Å². The maximum Gasteiger partial charge on any atom is 0.317 e. The zero-order valence-electron chi connectivity index (χ0n) is 6.92. The van der Waals surface area contributed by atoms with Gasteiger partial charge in [0.15, 0.2) is 0 Å². The number of carbonyl (C=O) groups excluding carboxylic acids is 1. The highest BCUT2D eigenvalue weighted by molar-refractivity contribution is 5.75. The lowest BCUT2D eigenvalue weighted by molar-refractivity contribution is -0.0605. The lowest BCUT2D eigenvalue weighted by Gasteiger charge is -2.43. The Balaban J connectivity index is 2.27. The largest absolute Gasteiger partial charge is 0.386 e. The standard InChI is InChI=1S/C7H14N2O2/c1-3-8-6(10)9-4-7(2,11)5-9/h11H,3-5H2,1-2H3,(H,8,10). The first-order chi connectivity index (χ1) is 5.05. The molecule has 1 aliphatic heterocycles. The number of aliphatic hydroxyl groups is 1. The summed E-state index contributed by atoms with van der Waals surface area (Å²) in [5.74, 6) is 0. The Morgan fingerprint density at radius 2 is 2.27 bits per heavy atom. The summed E-state index contributed by atoms with van der Waals surface area (Å²) in [5, 5.41) is 11.9. The van der Waals surface area contributed by atoms with Crippen LogP contribution in [0.5, 0.6) is 0 Å². The van der Waals surface area contributed by atoms with E-state index in [-0.39, 0.29) is 6.03 Å². The minimum atomic E-state index is -0.662. The predicted molar refractivity (Wildman–Crippen MR) is 41.3 cm³/mol. The van der Waals surface area contributed by atoms with Gasteiger partial charge in [-0.05, 0) is 13.8 Å². The van der Waals surface area contributed by atoms with E-state index in [1.165, 1.54) is 0 Å². The highest BCUT2D eigenvalue weighted by atomic mass is 16.3. The molecule has 2 amide bonds. The number of likely N-dealkylation sites (tertiary alicyclic amines) is 1. The second-order valence-corrected chi connectivity index (χ2v) is 3.19. The Hall–Kier alpha value is -0.770. The molecule has 0 radical (unpaired) electrons. The third-order valence-corrected chi connectivity index (χ3v) is 1.68. The molecule has 0 aromatic heterocycles. The first-order valence-electron chi connectivity index (χ1n) is 3.80. The fourth-order valence-electron chi connectivity index (χ4n) is 1.18. The summed E-state index contributed by atoms with van der Waals surface area (Å²) in [4.78, 5) is 12.6. The van der Waals surface area contributed by atoms with Crippen molar-refractivity contribution >= 4 is 6.03 Å². The van der Waals surface area contributed by atoms with Gasteiger partial charge in [-0.15, -0.1) is 0 Å². The minimum absolute atomic E-state index is 0.0842. The van der Waals surface area contributed by atoms with Crippen molar-refractivity contribution < 1.29 is 9.90 Å². The Labute approximate surface area is 66.2 Å². The summed E-state index contributed by atoms with van der Waals surface area (Å²) in [7, 11) is 0. The smallest absolute Gasteiger partial charge is 0.317 e. The second kappa shape index (κ2) is 2.70. The summed E-state index contributed by atoms with van der Waals surface area (Å²) in [5.41, 5.74) is -0.662. The van der Waals surface area contributed by atoms with Crippen LogP contribution in [0.25, 0.3) is 0 Å². The Bertz CT molecular complexity index is 160. The van der Waals surface area contributed by atoms with Crippen LogP contribution < -0.4 is 5.32 Å². The second-order valence-electron chi connectivity index (χ2n) is 3.19. The number of nitrogens with one attached hydrogen (secondary N) is 1. The molecule has 4 nitrogen and oxygen atoms in total. The van der Waals surface area contributed by atoms with Crippen molar-refractivity contribution in [3.63, 3.8) is 0 Å². The van der Waals surface area contributed by atoms with Crippen molar-refractivity contribution in [2.45, 2.75) is 19.4 Å². The highest BCUT2D eigenvalue weighted by Crippen LogP contribution is 2.18. The number of hydrogen-bond acceptors (Lipinski definition) is 2. The molecule has 0 bridgehead atoms. The maximum atomic E-state index is 11.0. The number of β-amino-alcohol motifs (C(OH)–C–C–N with tert-alkyl or cyclic N) is 1. The predicted octanol–water partition coefficient (Wildman–Crippen LogP) is -0.217. The van der Waals surface area contributed by atoms with E-state index >= 15 is 0 Å². The van der Waals surface area contributed by atoms with Crippen molar-refractivity contribution in [2.75, 3.05) is 19.6 Å². The van der Waals surface area contributed by atoms with E-state index in [2.05, 4.69) is 5.32 Å². The molecule has 2 N–H and O–H groups in total. The normalized spacial score (nSPS) is 20.8. The van der Waals surface area contributed by atoms with Crippen molar-refractivity contribution in [1.82, 2.24) is 10.2 Å². The highest BCUT2D eigenvalue weighted by Gasteiger charge is 2.39. The first-order valence-corrected chi connectivity index (χ1v) is 3.80. The number of amides is 2. The summed E-state index contributed by atoms with van der Waals surface area (Å²) < 4.78 is 0. The number of nitrogens with zero attached hydrogens (tertiary/aromatic N) is 1. The van der Waals surface area contributed by atoms with Crippen LogP contribution in [-0.4, -0.2) is 41.3 Å². The Morgan fingerprint density at radius 1 is 1.73 bits per heavy atom. The SMILES string of the molecule is CCNC(=O)N1CC(C)(O)C1. The van der Waals surface area contributed by atoms with Crippen LogP contribution in [0.3, 0.4) is 0 Å². The molecular weight excluding hydrogens is 144 g/mol. The number of carbonyl (C=O) groups is 1. The van der Waals surface area contributed by atoms with E-state index in [1.807, 2.05) is 6.92 Å². The van der Waals surface area contributed by atoms with E-state index in [0.29, 0.717) is 19.6 Å². The van der Waals surface area contributed by atoms with Crippen LogP contribution >= 0.6 is 0 Å². The molecule has 0 atom stereocenters. The van der Waals surface area contributed by atoms with Gasteiger partial charge in [-0.3, -0.25) is 0 Å². The molecule has 1 heterocycles. The minimum Gasteiger partial charge on any atom is -0.386 e. The molecule has 64 valence electrons. The van der Waals surface area contributed by atoms with Crippen LogP contribution in [0.15, 0.2) is 0 Å². The molecule has 0 aliphatic carbocycles. The van der Waals surface area contributed by atoms with E-state index in [9.17, 15) is 9.90 Å². The van der Waals surface area contributed by atoms with Gasteiger partial charge in [0.1, 0.15) is 0 Å². The number of urea groups is 1. The molecule has 4 heteroatoms. The van der Waals surface area contributed by atoms with Crippen molar-refractivity contribution in [2.24, 2.45) is 0 Å². The van der Waals surface area contributed by atoms with Crippen LogP contribution in [0.1, 0.15) is 13.8 Å². The fraction of sp³-hybridized carbons (Fsp3) is 0.857. The van der Waals surface area contributed by atoms with Gasteiger partial charge in [-0.25, -0.2) is 4.79 Å². The van der Waals surface area contributed by atoms with E-state index in [4.69, 9.17) is 0 Å². The molecule has 0 spiro atoms. The molecule has 0 saturated carbocycles. The quantitative estimate of drug-likeness (QED) is 0.554. The molecule has 1 fully saturated rings. The summed E-state index contributed by atoms with van der Waals surface area (Å²) in [6, 6.07) is -0.0842. The molecule has 0 aromatic rings. The van der Waals surface area contributed by atoms with Crippen molar-refractivity contribution in [3.8, 4) is 0 Å². The molecule has 0 unspecified atom stereocenters. The molecule has 0 aromatic carbocycles. The third kappa shape index (κ3) is 1.83. The third-order valence-electron chi connectivity index (χ3n) is 1.68. The zero-order chi connectivity index (χ0) is 8.48. The molecule has 1 saturated heterocycles. The van der Waals surface area contributed by atoms with Crippen LogP contribution in [-0.2, 0) is 0 Å². The van der Waals surface area contributed by atoms with Gasteiger partial charge < -0.3 is 15.3 Å². The molecule has 11 heavy (non-hydrogen) atoms. The average Bonchev–Trinajstić information content (AvgIpc) is 1.83. The van der Waals surface area contributed by atoms with Crippen LogP contribution in [0, 0.1) is 0 Å². The monoisotopic (exact) mass is 158 g/mol. The topological polar surface area (TPSA) is 52.6 Å². The van der Waals surface area contributed by atoms with E-state index < -0.39 is 5.60 Å². The first kappa shape index (κ1) is 8.33. The Kier molecular flexibility index (Phi) is 2.04. The number of rotatable bonds is 1. The van der Waals surface area contributed by atoms with Crippen molar-refractivity contribution in [1.29, 1.82) is 0 Å². The average molecular weight is 158 g/mol. The van der Waals surface area contributed by atoms with Crippen molar-refractivity contribution in [3.05, 3.63) is 0 Å². The zero-order valence-corrected chi connectivity index (χ0v) is 6.92. The summed E-state index contributed by atoms with van der Waals surface area (Å²) in [6.07, 6.45) is 0. The lowest BCUT2D eigenvalue weighted by Crippen LogP contribution is -2.63. The fourth-order valence-corrected chi connectivity index (χ4v) is 1.18. The molecular formula is C7H14N2O2. The van der Waals surface area contributed by atoms with Gasteiger partial charge >= 0.3 is 6.03 Å². The number of hydrogen-bond donors (Lipinski definition) is 2. The van der Waals surface area contributed by atoms with Gasteiger partial charge in [0.05, 0.1) is 18.7 Å². The van der Waals surface area contributed by atoms with Gasteiger partial charge in [0.2, 0.25) is 0 Å². The van der Waals surface area contributed by atoms with E-state index in [1.54, 1.807) is 11.8 Å².